The smallest absolute Gasteiger partial charge is 0.230 e. The quantitative estimate of drug-likeness (QED) is 0.711. The van der Waals surface area contributed by atoms with E-state index in [1.54, 1.807) is 12.1 Å². The molecule has 0 saturated carbocycles. The van der Waals surface area contributed by atoms with Crippen LogP contribution < -0.4 is 10.6 Å². The average Bonchev–Trinajstić information content (AvgIpc) is 2.63. The Kier molecular flexibility index (Phi) is 4.85. The molecule has 4 nitrogen and oxygen atoms in total. The first-order valence-corrected chi connectivity index (χ1v) is 8.33. The molecule has 0 radical (unpaired) electrons. The topological polar surface area (TPSA) is 63.4 Å². The molecule has 0 atom stereocenters. The minimum Gasteiger partial charge on any atom is -0.399 e. The minimum atomic E-state index is -0.293. The molecular formula is C22H20N2O2. The number of imide groups is 1. The third kappa shape index (κ3) is 3.64. The van der Waals surface area contributed by atoms with Crippen molar-refractivity contribution in [3.05, 3.63) is 72.8 Å². The van der Waals surface area contributed by atoms with Crippen LogP contribution in [0.1, 0.15) is 13.8 Å². The first-order chi connectivity index (χ1) is 12.5. The van der Waals surface area contributed by atoms with E-state index in [0.717, 1.165) is 32.8 Å². The third-order valence-electron chi connectivity index (χ3n) is 4.22. The Balaban J connectivity index is 1.84. The number of nitrogens with zero attached hydrogens (tertiary/aromatic N) is 1. The van der Waals surface area contributed by atoms with Crippen LogP contribution in [0, 0.1) is 0 Å². The van der Waals surface area contributed by atoms with Crippen molar-refractivity contribution in [2.24, 2.45) is 0 Å². The molecule has 2 amide bonds. The van der Waals surface area contributed by atoms with Gasteiger partial charge in [0.05, 0.1) is 5.69 Å². The summed E-state index contributed by atoms with van der Waals surface area (Å²) in [6.45, 7) is 2.76. The fourth-order valence-corrected chi connectivity index (χ4v) is 2.92. The Hall–Kier alpha value is -3.40. The van der Waals surface area contributed by atoms with Crippen molar-refractivity contribution in [1.82, 2.24) is 0 Å². The third-order valence-corrected chi connectivity index (χ3v) is 4.22. The highest BCUT2D eigenvalue weighted by atomic mass is 16.2. The Morgan fingerprint density at radius 1 is 0.615 bits per heavy atom. The van der Waals surface area contributed by atoms with Gasteiger partial charge in [0.25, 0.3) is 0 Å². The zero-order valence-electron chi connectivity index (χ0n) is 14.8. The first-order valence-electron chi connectivity index (χ1n) is 8.33. The van der Waals surface area contributed by atoms with Crippen LogP contribution >= 0.6 is 0 Å². The maximum absolute atomic E-state index is 11.6. The predicted molar refractivity (Wildman–Crippen MR) is 106 cm³/mol. The van der Waals surface area contributed by atoms with Crippen molar-refractivity contribution in [1.29, 1.82) is 0 Å². The van der Waals surface area contributed by atoms with Crippen molar-refractivity contribution in [3.63, 3.8) is 0 Å². The van der Waals surface area contributed by atoms with Gasteiger partial charge in [0.1, 0.15) is 0 Å². The summed E-state index contributed by atoms with van der Waals surface area (Å²) >= 11 is 0. The van der Waals surface area contributed by atoms with Crippen molar-refractivity contribution in [3.8, 4) is 22.3 Å². The van der Waals surface area contributed by atoms with Gasteiger partial charge in [-0.3, -0.25) is 14.5 Å². The number of nitrogen functional groups attached to an aromatic ring is 1. The van der Waals surface area contributed by atoms with Crippen LogP contribution in [0.4, 0.5) is 11.4 Å². The molecule has 0 aliphatic rings. The lowest BCUT2D eigenvalue weighted by molar-refractivity contribution is -0.124. The monoisotopic (exact) mass is 344 g/mol. The number of benzene rings is 3. The number of hydrogen-bond donors (Lipinski definition) is 1. The van der Waals surface area contributed by atoms with Gasteiger partial charge in [-0.25, -0.2) is 0 Å². The molecule has 26 heavy (non-hydrogen) atoms. The van der Waals surface area contributed by atoms with Gasteiger partial charge in [-0.1, -0.05) is 48.5 Å². The van der Waals surface area contributed by atoms with E-state index in [0.29, 0.717) is 5.69 Å². The van der Waals surface area contributed by atoms with Gasteiger partial charge >= 0.3 is 0 Å². The Morgan fingerprint density at radius 2 is 0.923 bits per heavy atom. The van der Waals surface area contributed by atoms with Crippen molar-refractivity contribution in [2.75, 3.05) is 10.6 Å². The second-order valence-electron chi connectivity index (χ2n) is 6.12. The second kappa shape index (κ2) is 7.23. The van der Waals surface area contributed by atoms with Crippen LogP contribution in [0.2, 0.25) is 0 Å². The summed E-state index contributed by atoms with van der Waals surface area (Å²) in [5.41, 5.74) is 11.4. The van der Waals surface area contributed by atoms with Crippen LogP contribution in [0.25, 0.3) is 22.3 Å². The number of nitrogens with two attached hydrogens (primary N) is 1. The minimum absolute atomic E-state index is 0.293. The van der Waals surface area contributed by atoms with Gasteiger partial charge in [0.2, 0.25) is 11.8 Å². The zero-order chi connectivity index (χ0) is 18.7. The van der Waals surface area contributed by atoms with Crippen molar-refractivity contribution in [2.45, 2.75) is 13.8 Å². The summed E-state index contributed by atoms with van der Waals surface area (Å²) in [6, 6.07) is 23.4. The fraction of sp³-hybridized carbons (Fsp3) is 0.0909. The van der Waals surface area contributed by atoms with E-state index in [1.165, 1.54) is 13.8 Å². The standard InChI is InChI=1S/C22H20N2O2/c1-15(25)24(16(2)26)22-13-9-20(10-14-22)18-5-3-17(4-6-18)19-7-11-21(23)12-8-19/h3-14H,23H2,1-2H3. The van der Waals surface area contributed by atoms with E-state index < -0.39 is 0 Å². The van der Waals surface area contributed by atoms with Gasteiger partial charge in [-0.2, -0.15) is 0 Å². The molecule has 0 spiro atoms. The molecule has 0 fully saturated rings. The maximum Gasteiger partial charge on any atom is 0.230 e. The van der Waals surface area contributed by atoms with Crippen LogP contribution in [-0.4, -0.2) is 11.8 Å². The summed E-state index contributed by atoms with van der Waals surface area (Å²) in [5.74, 6) is -0.587. The molecule has 0 bridgehead atoms. The summed E-state index contributed by atoms with van der Waals surface area (Å²) < 4.78 is 0. The van der Waals surface area contributed by atoms with E-state index in [2.05, 4.69) is 24.3 Å². The van der Waals surface area contributed by atoms with E-state index in [1.807, 2.05) is 36.4 Å². The lowest BCUT2D eigenvalue weighted by Gasteiger charge is -2.17. The second-order valence-corrected chi connectivity index (χ2v) is 6.12. The van der Waals surface area contributed by atoms with Gasteiger partial charge in [-0.05, 0) is 46.5 Å². The molecule has 0 unspecified atom stereocenters. The van der Waals surface area contributed by atoms with Gasteiger partial charge in [0, 0.05) is 19.5 Å². The predicted octanol–water partition coefficient (Wildman–Crippen LogP) is 4.50. The molecule has 3 rings (SSSR count). The lowest BCUT2D eigenvalue weighted by Crippen LogP contribution is -2.32. The molecule has 0 aliphatic heterocycles. The van der Waals surface area contributed by atoms with E-state index in [-0.39, 0.29) is 11.8 Å². The maximum atomic E-state index is 11.6. The van der Waals surface area contributed by atoms with Crippen molar-refractivity contribution >= 4 is 23.2 Å². The highest BCUT2D eigenvalue weighted by molar-refractivity contribution is 6.13. The molecule has 0 aromatic heterocycles. The molecule has 0 aliphatic carbocycles. The summed E-state index contributed by atoms with van der Waals surface area (Å²) in [7, 11) is 0. The number of rotatable bonds is 3. The Morgan fingerprint density at radius 3 is 1.27 bits per heavy atom. The van der Waals surface area contributed by atoms with E-state index in [4.69, 9.17) is 5.73 Å². The molecule has 3 aromatic carbocycles. The molecule has 130 valence electrons. The summed E-state index contributed by atoms with van der Waals surface area (Å²) in [5, 5.41) is 0. The van der Waals surface area contributed by atoms with E-state index in [9.17, 15) is 9.59 Å². The first kappa shape index (κ1) is 17.4. The highest BCUT2D eigenvalue weighted by Gasteiger charge is 2.15. The normalized spacial score (nSPS) is 10.4. The van der Waals surface area contributed by atoms with Crippen LogP contribution in [0.15, 0.2) is 72.8 Å². The Labute approximate surface area is 152 Å². The highest BCUT2D eigenvalue weighted by Crippen LogP contribution is 2.27. The SMILES string of the molecule is CC(=O)N(C(C)=O)c1ccc(-c2ccc(-c3ccc(N)cc3)cc2)cc1. The molecule has 2 N–H and O–H groups in total. The van der Waals surface area contributed by atoms with Gasteiger partial charge < -0.3 is 5.73 Å². The van der Waals surface area contributed by atoms with Gasteiger partial charge in [-0.15, -0.1) is 0 Å². The van der Waals surface area contributed by atoms with Crippen molar-refractivity contribution < 1.29 is 9.59 Å². The zero-order valence-corrected chi connectivity index (χ0v) is 14.8. The molecule has 0 heterocycles. The molecule has 4 heteroatoms. The van der Waals surface area contributed by atoms with Crippen LogP contribution in [0.3, 0.4) is 0 Å². The fourth-order valence-electron chi connectivity index (χ4n) is 2.92. The number of hydrogen-bond acceptors (Lipinski definition) is 3. The Bertz CT molecular complexity index is 913. The van der Waals surface area contributed by atoms with Gasteiger partial charge in [0.15, 0.2) is 0 Å². The molecule has 0 saturated heterocycles. The summed E-state index contributed by atoms with van der Waals surface area (Å²) in [6.07, 6.45) is 0. The molecule has 3 aromatic rings. The lowest BCUT2D eigenvalue weighted by atomic mass is 10.00. The average molecular weight is 344 g/mol. The summed E-state index contributed by atoms with van der Waals surface area (Å²) in [4.78, 5) is 24.4. The largest absolute Gasteiger partial charge is 0.399 e. The number of amides is 2. The van der Waals surface area contributed by atoms with Crippen LogP contribution in [0.5, 0.6) is 0 Å². The van der Waals surface area contributed by atoms with E-state index >= 15 is 0 Å². The van der Waals surface area contributed by atoms with Crippen LogP contribution in [-0.2, 0) is 9.59 Å². The number of carbonyl (C=O) groups is 2. The molecular weight excluding hydrogens is 324 g/mol. The number of anilines is 2. The number of carbonyl (C=O) groups excluding carboxylic acids is 2.